The van der Waals surface area contributed by atoms with E-state index in [1.54, 1.807) is 11.3 Å². The van der Waals surface area contributed by atoms with Crippen molar-refractivity contribution in [1.82, 2.24) is 15.2 Å². The second-order valence-electron chi connectivity index (χ2n) is 4.61. The first-order valence-electron chi connectivity index (χ1n) is 5.77. The van der Waals surface area contributed by atoms with Gasteiger partial charge in [-0.25, -0.2) is 4.98 Å². The first-order chi connectivity index (χ1) is 7.40. The number of piperidine rings is 1. The van der Waals surface area contributed by atoms with Crippen molar-refractivity contribution >= 4 is 11.3 Å². The van der Waals surface area contributed by atoms with Crippen LogP contribution < -0.4 is 5.32 Å². The summed E-state index contributed by atoms with van der Waals surface area (Å²) in [6, 6.07) is 1.47. The predicted octanol–water partition coefficient (Wildman–Crippen LogP) is 1.47. The first-order valence-corrected chi connectivity index (χ1v) is 6.65. The van der Waals surface area contributed by atoms with E-state index in [2.05, 4.69) is 20.6 Å². The first kappa shape index (κ1) is 9.75. The molecule has 1 N–H and O–H groups in total. The van der Waals surface area contributed by atoms with Gasteiger partial charge in [0.15, 0.2) is 0 Å². The maximum atomic E-state index is 4.36. The molecular formula is C11H17N3S. The van der Waals surface area contributed by atoms with Gasteiger partial charge in [0.25, 0.3) is 0 Å². The van der Waals surface area contributed by atoms with E-state index in [4.69, 9.17) is 0 Å². The average Bonchev–Trinajstić information content (AvgIpc) is 2.70. The number of hydrogen-bond acceptors (Lipinski definition) is 4. The fourth-order valence-electron chi connectivity index (χ4n) is 2.75. The summed E-state index contributed by atoms with van der Waals surface area (Å²) in [6.07, 6.45) is 6.02. The number of nitrogens with zero attached hydrogens (tertiary/aromatic N) is 2. The Morgan fingerprint density at radius 1 is 1.40 bits per heavy atom. The minimum absolute atomic E-state index is 0.734. The van der Waals surface area contributed by atoms with Gasteiger partial charge < -0.3 is 5.32 Å². The van der Waals surface area contributed by atoms with E-state index in [1.165, 1.54) is 37.4 Å². The molecule has 2 aliphatic heterocycles. The lowest BCUT2D eigenvalue weighted by atomic mass is 9.94. The highest BCUT2D eigenvalue weighted by Gasteiger charge is 2.29. The van der Waals surface area contributed by atoms with Gasteiger partial charge in [-0.05, 0) is 12.8 Å². The Kier molecular flexibility index (Phi) is 2.73. The van der Waals surface area contributed by atoms with Gasteiger partial charge in [0.2, 0.25) is 0 Å². The zero-order valence-corrected chi connectivity index (χ0v) is 9.67. The molecule has 2 atom stereocenters. The molecule has 0 saturated carbocycles. The molecule has 2 unspecified atom stereocenters. The monoisotopic (exact) mass is 223 g/mol. The quantitative estimate of drug-likeness (QED) is 0.823. The van der Waals surface area contributed by atoms with Gasteiger partial charge in [0, 0.05) is 36.8 Å². The second kappa shape index (κ2) is 4.20. The minimum atomic E-state index is 0.734. The van der Waals surface area contributed by atoms with E-state index in [0.717, 1.165) is 18.6 Å². The van der Waals surface area contributed by atoms with Gasteiger partial charge in [-0.15, -0.1) is 11.3 Å². The molecule has 2 aliphatic rings. The van der Waals surface area contributed by atoms with Crippen LogP contribution >= 0.6 is 11.3 Å². The molecule has 82 valence electrons. The second-order valence-corrected chi connectivity index (χ2v) is 5.59. The molecule has 2 saturated heterocycles. The van der Waals surface area contributed by atoms with Crippen molar-refractivity contribution in [2.45, 2.75) is 37.9 Å². The maximum absolute atomic E-state index is 4.36. The molecule has 0 spiro atoms. The summed E-state index contributed by atoms with van der Waals surface area (Å²) in [5.41, 5.74) is 0. The largest absolute Gasteiger partial charge is 0.309 e. The molecule has 2 fully saturated rings. The summed E-state index contributed by atoms with van der Waals surface area (Å²) in [5.74, 6) is 0. The van der Waals surface area contributed by atoms with Crippen molar-refractivity contribution in [2.75, 3.05) is 13.1 Å². The molecule has 1 aromatic heterocycles. The molecular weight excluding hydrogens is 206 g/mol. The standard InChI is InChI=1S/C11H17N3S/c1-2-9-6-14(7-10(3-1)13-9)8-11-12-4-5-15-11/h4-5,9-10,13H,1-3,6-8H2. The summed E-state index contributed by atoms with van der Waals surface area (Å²) in [7, 11) is 0. The van der Waals surface area contributed by atoms with Crippen molar-refractivity contribution < 1.29 is 0 Å². The number of likely N-dealkylation sites (tertiary alicyclic amines) is 1. The number of piperazine rings is 1. The van der Waals surface area contributed by atoms with E-state index in [0.29, 0.717) is 0 Å². The minimum Gasteiger partial charge on any atom is -0.309 e. The highest BCUT2D eigenvalue weighted by Crippen LogP contribution is 2.21. The molecule has 3 nitrogen and oxygen atoms in total. The highest BCUT2D eigenvalue weighted by molar-refractivity contribution is 7.09. The number of hydrogen-bond donors (Lipinski definition) is 1. The van der Waals surface area contributed by atoms with Crippen LogP contribution in [0.5, 0.6) is 0 Å². The number of rotatable bonds is 2. The molecule has 0 aromatic carbocycles. The number of nitrogens with one attached hydrogen (secondary N) is 1. The molecule has 3 rings (SSSR count). The van der Waals surface area contributed by atoms with Gasteiger partial charge in [-0.2, -0.15) is 0 Å². The van der Waals surface area contributed by atoms with Gasteiger partial charge in [0.1, 0.15) is 5.01 Å². The Balaban J connectivity index is 1.63. The highest BCUT2D eigenvalue weighted by atomic mass is 32.1. The number of fused-ring (bicyclic) bond motifs is 2. The number of thiazole rings is 1. The Bertz CT molecular complexity index is 300. The number of aromatic nitrogens is 1. The molecule has 1 aromatic rings. The van der Waals surface area contributed by atoms with Gasteiger partial charge in [-0.3, -0.25) is 4.90 Å². The van der Waals surface area contributed by atoms with Crippen molar-refractivity contribution in [3.8, 4) is 0 Å². The molecule has 4 heteroatoms. The molecule has 0 radical (unpaired) electrons. The summed E-state index contributed by atoms with van der Waals surface area (Å²) >= 11 is 1.77. The van der Waals surface area contributed by atoms with Crippen LogP contribution in [0.2, 0.25) is 0 Å². The van der Waals surface area contributed by atoms with Crippen molar-refractivity contribution in [3.63, 3.8) is 0 Å². The summed E-state index contributed by atoms with van der Waals surface area (Å²) in [5, 5.41) is 7.03. The van der Waals surface area contributed by atoms with E-state index < -0.39 is 0 Å². The van der Waals surface area contributed by atoms with Crippen LogP contribution in [-0.4, -0.2) is 35.1 Å². The summed E-state index contributed by atoms with van der Waals surface area (Å²) in [6.45, 7) is 3.46. The third-order valence-electron chi connectivity index (χ3n) is 3.38. The van der Waals surface area contributed by atoms with Crippen LogP contribution in [0.4, 0.5) is 0 Å². The maximum Gasteiger partial charge on any atom is 0.107 e. The lowest BCUT2D eigenvalue weighted by molar-refractivity contribution is 0.119. The van der Waals surface area contributed by atoms with Crippen LogP contribution in [0, 0.1) is 0 Å². The zero-order valence-electron chi connectivity index (χ0n) is 8.85. The van der Waals surface area contributed by atoms with Crippen LogP contribution in [0.15, 0.2) is 11.6 Å². The Labute approximate surface area is 94.5 Å². The fraction of sp³-hybridized carbons (Fsp3) is 0.727. The lowest BCUT2D eigenvalue weighted by Crippen LogP contribution is -2.58. The summed E-state index contributed by atoms with van der Waals surface area (Å²) < 4.78 is 0. The van der Waals surface area contributed by atoms with E-state index in [1.807, 2.05) is 6.20 Å². The van der Waals surface area contributed by atoms with Crippen LogP contribution in [-0.2, 0) is 6.54 Å². The Morgan fingerprint density at radius 2 is 2.20 bits per heavy atom. The molecule has 0 aliphatic carbocycles. The SMILES string of the molecule is c1csc(CN2CC3CCCC(C2)N3)n1. The fourth-order valence-corrected chi connectivity index (χ4v) is 3.41. The van der Waals surface area contributed by atoms with Gasteiger partial charge in [-0.1, -0.05) is 6.42 Å². The third-order valence-corrected chi connectivity index (χ3v) is 4.14. The molecule has 0 amide bonds. The van der Waals surface area contributed by atoms with Gasteiger partial charge in [0.05, 0.1) is 6.54 Å². The van der Waals surface area contributed by atoms with Crippen LogP contribution in [0.25, 0.3) is 0 Å². The normalized spacial score (nSPS) is 31.7. The zero-order chi connectivity index (χ0) is 10.1. The summed E-state index contributed by atoms with van der Waals surface area (Å²) in [4.78, 5) is 6.92. The van der Waals surface area contributed by atoms with E-state index >= 15 is 0 Å². The van der Waals surface area contributed by atoms with E-state index in [-0.39, 0.29) is 0 Å². The predicted molar refractivity (Wildman–Crippen MR) is 62.0 cm³/mol. The molecule has 15 heavy (non-hydrogen) atoms. The lowest BCUT2D eigenvalue weighted by Gasteiger charge is -2.42. The third kappa shape index (κ3) is 2.22. The Morgan fingerprint density at radius 3 is 2.87 bits per heavy atom. The molecule has 2 bridgehead atoms. The average molecular weight is 223 g/mol. The van der Waals surface area contributed by atoms with E-state index in [9.17, 15) is 0 Å². The van der Waals surface area contributed by atoms with Crippen molar-refractivity contribution in [1.29, 1.82) is 0 Å². The van der Waals surface area contributed by atoms with Gasteiger partial charge >= 0.3 is 0 Å². The van der Waals surface area contributed by atoms with Crippen molar-refractivity contribution in [2.24, 2.45) is 0 Å². The van der Waals surface area contributed by atoms with Crippen molar-refractivity contribution in [3.05, 3.63) is 16.6 Å². The topological polar surface area (TPSA) is 28.2 Å². The van der Waals surface area contributed by atoms with Crippen LogP contribution in [0.3, 0.4) is 0 Å². The van der Waals surface area contributed by atoms with Crippen LogP contribution in [0.1, 0.15) is 24.3 Å². The smallest absolute Gasteiger partial charge is 0.107 e. The Hall–Kier alpha value is -0.450. The molecule has 3 heterocycles.